The van der Waals surface area contributed by atoms with Crippen molar-refractivity contribution in [2.75, 3.05) is 0 Å². The number of rotatable bonds is 3. The fourth-order valence-electron chi connectivity index (χ4n) is 4.10. The number of carbonyl (C=O) groups excluding carboxylic acids is 1. The van der Waals surface area contributed by atoms with E-state index < -0.39 is 0 Å². The van der Waals surface area contributed by atoms with Crippen LogP contribution in [-0.2, 0) is 0 Å². The van der Waals surface area contributed by atoms with Crippen molar-refractivity contribution < 1.29 is 9.90 Å². The van der Waals surface area contributed by atoms with Crippen LogP contribution < -0.4 is 0 Å². The predicted octanol–water partition coefficient (Wildman–Crippen LogP) is 6.85. The van der Waals surface area contributed by atoms with Gasteiger partial charge in [-0.25, -0.2) is 0 Å². The molecule has 5 aromatic carbocycles. The molecule has 0 fully saturated rings. The Hall–Kier alpha value is -3.91. The van der Waals surface area contributed by atoms with Gasteiger partial charge in [0.2, 0.25) is 0 Å². The molecule has 2 heteroatoms. The second-order valence-electron chi connectivity index (χ2n) is 7.09. The van der Waals surface area contributed by atoms with Gasteiger partial charge in [-0.3, -0.25) is 4.79 Å². The summed E-state index contributed by atoms with van der Waals surface area (Å²) in [4.78, 5) is 12.0. The molecule has 138 valence electrons. The van der Waals surface area contributed by atoms with Crippen LogP contribution in [0, 0.1) is 0 Å². The number of phenols is 1. The first-order valence-electron chi connectivity index (χ1n) is 9.55. The van der Waals surface area contributed by atoms with Gasteiger partial charge in [0.05, 0.1) is 5.56 Å². The van der Waals surface area contributed by atoms with Crippen molar-refractivity contribution in [1.29, 1.82) is 0 Å². The number of benzene rings is 5. The van der Waals surface area contributed by atoms with E-state index in [1.165, 1.54) is 0 Å². The van der Waals surface area contributed by atoms with Crippen LogP contribution >= 0.6 is 0 Å². The van der Waals surface area contributed by atoms with Gasteiger partial charge in [0, 0.05) is 5.56 Å². The normalized spacial score (nSPS) is 11.0. The van der Waals surface area contributed by atoms with E-state index in [1.54, 1.807) is 0 Å². The maximum Gasteiger partial charge on any atom is 0.154 e. The van der Waals surface area contributed by atoms with Crippen molar-refractivity contribution >= 4 is 27.8 Å². The highest BCUT2D eigenvalue weighted by Gasteiger charge is 2.17. The number of hydrogen-bond donors (Lipinski definition) is 1. The summed E-state index contributed by atoms with van der Waals surface area (Å²) >= 11 is 0. The van der Waals surface area contributed by atoms with Crippen molar-refractivity contribution in [1.82, 2.24) is 0 Å². The molecule has 0 atom stereocenters. The van der Waals surface area contributed by atoms with Gasteiger partial charge in [-0.1, -0.05) is 91.0 Å². The molecule has 0 aliphatic rings. The molecule has 0 amide bonds. The Balaban J connectivity index is 1.77. The van der Waals surface area contributed by atoms with Crippen molar-refractivity contribution in [3.8, 4) is 28.0 Å². The highest BCUT2D eigenvalue weighted by molar-refractivity contribution is 6.05. The minimum Gasteiger partial charge on any atom is -0.507 e. The molecule has 0 saturated heterocycles. The van der Waals surface area contributed by atoms with E-state index in [2.05, 4.69) is 0 Å². The van der Waals surface area contributed by atoms with E-state index in [1.807, 2.05) is 97.1 Å². The lowest BCUT2D eigenvalue weighted by Gasteiger charge is -2.15. The maximum absolute atomic E-state index is 12.0. The van der Waals surface area contributed by atoms with Gasteiger partial charge < -0.3 is 5.11 Å². The summed E-state index contributed by atoms with van der Waals surface area (Å²) in [5.41, 5.74) is 3.55. The summed E-state index contributed by atoms with van der Waals surface area (Å²) in [5.74, 6) is 0.0155. The van der Waals surface area contributed by atoms with Gasteiger partial charge in [0.15, 0.2) is 6.29 Å². The zero-order chi connectivity index (χ0) is 19.8. The molecule has 0 aliphatic carbocycles. The van der Waals surface area contributed by atoms with Crippen LogP contribution in [0.1, 0.15) is 10.4 Å². The SMILES string of the molecule is O=Cc1c(-c2cccc3ccccc23)ccc(-c2cccc3ccccc23)c1O. The summed E-state index contributed by atoms with van der Waals surface area (Å²) in [6, 6.07) is 31.9. The number of fused-ring (bicyclic) bond motifs is 2. The largest absolute Gasteiger partial charge is 0.507 e. The first kappa shape index (κ1) is 17.2. The Kier molecular flexibility index (Phi) is 4.10. The molecule has 29 heavy (non-hydrogen) atoms. The number of phenolic OH excluding ortho intramolecular Hbond substituents is 1. The van der Waals surface area contributed by atoms with E-state index >= 15 is 0 Å². The molecule has 1 N–H and O–H groups in total. The van der Waals surface area contributed by atoms with Crippen LogP contribution in [0.25, 0.3) is 43.8 Å². The monoisotopic (exact) mass is 374 g/mol. The third kappa shape index (κ3) is 2.77. The van der Waals surface area contributed by atoms with E-state index in [0.29, 0.717) is 11.1 Å². The lowest BCUT2D eigenvalue weighted by molar-refractivity contribution is 0.112. The standard InChI is InChI=1S/C27H18O2/c28-17-26-24(22-13-5-9-18-7-1-3-11-20(18)22)15-16-25(27(26)29)23-14-6-10-19-8-2-4-12-21(19)23/h1-17,29H. The van der Waals surface area contributed by atoms with Crippen LogP contribution in [0.3, 0.4) is 0 Å². The molecule has 0 heterocycles. The first-order valence-corrected chi connectivity index (χ1v) is 9.55. The predicted molar refractivity (Wildman–Crippen MR) is 119 cm³/mol. The smallest absolute Gasteiger partial charge is 0.154 e. The molecule has 0 spiro atoms. The Morgan fingerprint density at radius 3 is 1.59 bits per heavy atom. The van der Waals surface area contributed by atoms with Gasteiger partial charge in [0.25, 0.3) is 0 Å². The van der Waals surface area contributed by atoms with Crippen molar-refractivity contribution in [3.63, 3.8) is 0 Å². The molecule has 0 aliphatic heterocycles. The number of carbonyl (C=O) groups is 1. The quantitative estimate of drug-likeness (QED) is 0.351. The summed E-state index contributed by atoms with van der Waals surface area (Å²) in [7, 11) is 0. The van der Waals surface area contributed by atoms with Gasteiger partial charge in [-0.05, 0) is 44.3 Å². The molecular weight excluding hydrogens is 356 g/mol. The third-order valence-electron chi connectivity index (χ3n) is 5.49. The summed E-state index contributed by atoms with van der Waals surface area (Å²) < 4.78 is 0. The number of hydrogen-bond acceptors (Lipinski definition) is 2. The van der Waals surface area contributed by atoms with E-state index in [4.69, 9.17) is 0 Å². The molecule has 2 nitrogen and oxygen atoms in total. The topological polar surface area (TPSA) is 37.3 Å². The average Bonchev–Trinajstić information content (AvgIpc) is 2.78. The maximum atomic E-state index is 12.0. The lowest BCUT2D eigenvalue weighted by Crippen LogP contribution is -1.93. The highest BCUT2D eigenvalue weighted by Crippen LogP contribution is 2.41. The highest BCUT2D eigenvalue weighted by atomic mass is 16.3. The van der Waals surface area contributed by atoms with E-state index in [9.17, 15) is 9.90 Å². The summed E-state index contributed by atoms with van der Waals surface area (Å²) in [6.45, 7) is 0. The van der Waals surface area contributed by atoms with E-state index in [-0.39, 0.29) is 5.75 Å². The number of aldehydes is 1. The number of aromatic hydroxyl groups is 1. The molecule has 5 rings (SSSR count). The van der Waals surface area contributed by atoms with Gasteiger partial charge in [0.1, 0.15) is 5.75 Å². The van der Waals surface area contributed by atoms with Crippen LogP contribution in [0.15, 0.2) is 97.1 Å². The molecular formula is C27H18O2. The van der Waals surface area contributed by atoms with E-state index in [0.717, 1.165) is 44.5 Å². The van der Waals surface area contributed by atoms with Crippen molar-refractivity contribution in [2.45, 2.75) is 0 Å². The van der Waals surface area contributed by atoms with Crippen LogP contribution in [-0.4, -0.2) is 11.4 Å². The van der Waals surface area contributed by atoms with Gasteiger partial charge in [-0.15, -0.1) is 0 Å². The minimum absolute atomic E-state index is 0.0155. The second-order valence-corrected chi connectivity index (χ2v) is 7.09. The average molecular weight is 374 g/mol. The molecule has 0 aromatic heterocycles. The zero-order valence-electron chi connectivity index (χ0n) is 15.7. The fraction of sp³-hybridized carbons (Fsp3) is 0. The third-order valence-corrected chi connectivity index (χ3v) is 5.49. The molecule has 0 radical (unpaired) electrons. The van der Waals surface area contributed by atoms with Crippen LogP contribution in [0.5, 0.6) is 5.75 Å². The fourth-order valence-corrected chi connectivity index (χ4v) is 4.10. The summed E-state index contributed by atoms with van der Waals surface area (Å²) in [5, 5.41) is 15.4. The first-order chi connectivity index (χ1) is 14.3. The van der Waals surface area contributed by atoms with Crippen LogP contribution in [0.2, 0.25) is 0 Å². The second kappa shape index (κ2) is 6.92. The van der Waals surface area contributed by atoms with Crippen molar-refractivity contribution in [3.05, 3.63) is 103 Å². The Morgan fingerprint density at radius 2 is 1.00 bits per heavy atom. The van der Waals surface area contributed by atoms with Crippen molar-refractivity contribution in [2.24, 2.45) is 0 Å². The Labute approximate surface area is 168 Å². The lowest BCUT2D eigenvalue weighted by atomic mass is 9.90. The molecule has 0 bridgehead atoms. The zero-order valence-corrected chi connectivity index (χ0v) is 15.7. The molecule has 0 unspecified atom stereocenters. The Morgan fingerprint density at radius 1 is 0.517 bits per heavy atom. The Bertz CT molecular complexity index is 1370. The minimum atomic E-state index is 0.0155. The molecule has 5 aromatic rings. The summed E-state index contributed by atoms with van der Waals surface area (Å²) in [6.07, 6.45) is 0.751. The van der Waals surface area contributed by atoms with Crippen LogP contribution in [0.4, 0.5) is 0 Å². The van der Waals surface area contributed by atoms with Gasteiger partial charge >= 0.3 is 0 Å². The van der Waals surface area contributed by atoms with Gasteiger partial charge in [-0.2, -0.15) is 0 Å². The molecule has 0 saturated carbocycles.